The Morgan fingerprint density at radius 1 is 1.16 bits per heavy atom. The monoisotopic (exact) mass is 476 g/mol. The average Bonchev–Trinajstić information content (AvgIpc) is 3.09. The van der Waals surface area contributed by atoms with Gasteiger partial charge in [-0.3, -0.25) is 4.79 Å². The van der Waals surface area contributed by atoms with Crippen molar-refractivity contribution in [3.63, 3.8) is 0 Å². The summed E-state index contributed by atoms with van der Waals surface area (Å²) in [5.41, 5.74) is 2.35. The fourth-order valence-corrected chi connectivity index (χ4v) is 4.10. The maximum atomic E-state index is 12.5. The third kappa shape index (κ3) is 6.34. The van der Waals surface area contributed by atoms with E-state index in [1.807, 2.05) is 32.0 Å². The minimum atomic E-state index is -0.450. The van der Waals surface area contributed by atoms with Crippen LogP contribution in [0.4, 0.5) is 5.69 Å². The molecule has 0 aromatic heterocycles. The van der Waals surface area contributed by atoms with Crippen molar-refractivity contribution in [3.8, 4) is 11.5 Å². The van der Waals surface area contributed by atoms with E-state index in [4.69, 9.17) is 25.8 Å². The molecule has 2 aromatic carbocycles. The van der Waals surface area contributed by atoms with Crippen LogP contribution < -0.4 is 20.1 Å². The lowest BCUT2D eigenvalue weighted by molar-refractivity contribution is -0.145. The lowest BCUT2D eigenvalue weighted by Crippen LogP contribution is -2.31. The Hall–Kier alpha value is -2.84. The minimum Gasteiger partial charge on any atom is -0.490 e. The van der Waals surface area contributed by atoms with E-state index in [0.717, 1.165) is 16.8 Å². The molecular weight excluding hydrogens is 452 g/mol. The number of esters is 1. The highest BCUT2D eigenvalue weighted by Crippen LogP contribution is 2.34. The molecule has 3 rings (SSSR count). The average molecular weight is 477 g/mol. The van der Waals surface area contributed by atoms with Crippen LogP contribution in [0, 0.1) is 6.92 Å². The van der Waals surface area contributed by atoms with Crippen molar-refractivity contribution >= 4 is 47.0 Å². The van der Waals surface area contributed by atoms with Gasteiger partial charge in [0.05, 0.1) is 18.1 Å². The molecule has 1 amide bonds. The lowest BCUT2D eigenvalue weighted by atomic mass is 10.2. The van der Waals surface area contributed by atoms with Gasteiger partial charge in [-0.1, -0.05) is 35.5 Å². The van der Waals surface area contributed by atoms with Gasteiger partial charge in [0.15, 0.2) is 23.6 Å². The highest BCUT2D eigenvalue weighted by Gasteiger charge is 2.27. The standard InChI is InChI=1S/C23H25ClN2O5S/c1-4-29-19-10-15(7-9-18(19)31-13-21(27)30-5-2)11-20-22(28)26-23(32-20)25-17-12-16(24)8-6-14(17)3/h6-12,23,25H,4-5,13H2,1-3H3,(H,26,28)/b20-11-. The molecule has 0 spiro atoms. The first-order chi connectivity index (χ1) is 15.4. The van der Waals surface area contributed by atoms with Crippen molar-refractivity contribution in [2.24, 2.45) is 0 Å². The quantitative estimate of drug-likeness (QED) is 0.404. The number of anilines is 1. The van der Waals surface area contributed by atoms with Gasteiger partial charge in [0.25, 0.3) is 5.91 Å². The summed E-state index contributed by atoms with van der Waals surface area (Å²) in [6.07, 6.45) is 1.78. The third-order valence-corrected chi connectivity index (χ3v) is 5.70. The molecule has 1 heterocycles. The molecule has 0 aliphatic carbocycles. The van der Waals surface area contributed by atoms with Crippen LogP contribution in [-0.2, 0) is 14.3 Å². The van der Waals surface area contributed by atoms with Gasteiger partial charge in [0, 0.05) is 10.7 Å². The molecule has 0 saturated carbocycles. The Morgan fingerprint density at radius 2 is 1.97 bits per heavy atom. The molecule has 1 saturated heterocycles. The zero-order chi connectivity index (χ0) is 23.1. The molecule has 7 nitrogen and oxygen atoms in total. The molecule has 1 aliphatic heterocycles. The fourth-order valence-electron chi connectivity index (χ4n) is 2.95. The molecule has 0 radical (unpaired) electrons. The number of rotatable bonds is 9. The molecule has 1 atom stereocenters. The summed E-state index contributed by atoms with van der Waals surface area (Å²) in [4.78, 5) is 24.6. The number of thioether (sulfide) groups is 1. The molecule has 170 valence electrons. The van der Waals surface area contributed by atoms with Gasteiger partial charge < -0.3 is 24.8 Å². The van der Waals surface area contributed by atoms with Gasteiger partial charge in [-0.05, 0) is 62.2 Å². The first kappa shape index (κ1) is 23.8. The Bertz CT molecular complexity index is 1030. The molecule has 32 heavy (non-hydrogen) atoms. The van der Waals surface area contributed by atoms with Crippen LogP contribution in [0.1, 0.15) is 25.0 Å². The van der Waals surface area contributed by atoms with Crippen LogP contribution in [0.15, 0.2) is 41.3 Å². The third-order valence-electron chi connectivity index (χ3n) is 4.43. The minimum absolute atomic E-state index is 0.173. The summed E-state index contributed by atoms with van der Waals surface area (Å²) in [5, 5.41) is 6.82. The Morgan fingerprint density at radius 3 is 2.72 bits per heavy atom. The van der Waals surface area contributed by atoms with Gasteiger partial charge >= 0.3 is 5.97 Å². The number of carbonyl (C=O) groups is 2. The summed E-state index contributed by atoms with van der Waals surface area (Å²) in [5.74, 6) is 0.293. The topological polar surface area (TPSA) is 85.9 Å². The molecule has 1 fully saturated rings. The van der Waals surface area contributed by atoms with Gasteiger partial charge in [-0.25, -0.2) is 4.79 Å². The smallest absolute Gasteiger partial charge is 0.344 e. The van der Waals surface area contributed by atoms with Crippen molar-refractivity contribution in [2.45, 2.75) is 26.3 Å². The lowest BCUT2D eigenvalue weighted by Gasteiger charge is -2.15. The second kappa shape index (κ2) is 11.2. The Kier molecular flexibility index (Phi) is 8.30. The first-order valence-electron chi connectivity index (χ1n) is 10.2. The number of aryl methyl sites for hydroxylation is 1. The van der Waals surface area contributed by atoms with E-state index in [1.165, 1.54) is 11.8 Å². The molecule has 9 heteroatoms. The maximum Gasteiger partial charge on any atom is 0.344 e. The van der Waals surface area contributed by atoms with Gasteiger partial charge in [0.2, 0.25) is 0 Å². The zero-order valence-electron chi connectivity index (χ0n) is 18.1. The fraction of sp³-hybridized carbons (Fsp3) is 0.304. The SMILES string of the molecule is CCOC(=O)COc1ccc(/C=C2\SC(Nc3cc(Cl)ccc3C)NC2=O)cc1OCC. The number of amides is 1. The second-order valence-corrected chi connectivity index (χ2v) is 8.40. The van der Waals surface area contributed by atoms with E-state index in [0.29, 0.717) is 34.6 Å². The Labute approximate surface area is 196 Å². The number of nitrogens with one attached hydrogen (secondary N) is 2. The highest BCUT2D eigenvalue weighted by atomic mass is 35.5. The summed E-state index contributed by atoms with van der Waals surface area (Å²) < 4.78 is 16.1. The summed E-state index contributed by atoms with van der Waals surface area (Å²) in [7, 11) is 0. The van der Waals surface area contributed by atoms with Crippen LogP contribution in [-0.4, -0.2) is 37.2 Å². The zero-order valence-corrected chi connectivity index (χ0v) is 19.6. The second-order valence-electron chi connectivity index (χ2n) is 6.82. The van der Waals surface area contributed by atoms with Gasteiger partial charge in [0.1, 0.15) is 0 Å². The number of carbonyl (C=O) groups excluding carboxylic acids is 2. The van der Waals surface area contributed by atoms with E-state index < -0.39 is 5.97 Å². The maximum absolute atomic E-state index is 12.5. The summed E-state index contributed by atoms with van der Waals surface area (Å²) in [6, 6.07) is 10.8. The van der Waals surface area contributed by atoms with Crippen LogP contribution in [0.5, 0.6) is 11.5 Å². The Balaban J connectivity index is 1.72. The van der Waals surface area contributed by atoms with E-state index >= 15 is 0 Å². The van der Waals surface area contributed by atoms with Crippen LogP contribution in [0.3, 0.4) is 0 Å². The number of hydrogen-bond donors (Lipinski definition) is 2. The van der Waals surface area contributed by atoms with Gasteiger partial charge in [-0.15, -0.1) is 0 Å². The van der Waals surface area contributed by atoms with Crippen molar-refractivity contribution in [3.05, 3.63) is 57.5 Å². The van der Waals surface area contributed by atoms with E-state index in [-0.39, 0.29) is 18.0 Å². The van der Waals surface area contributed by atoms with E-state index in [9.17, 15) is 9.59 Å². The summed E-state index contributed by atoms with van der Waals surface area (Å²) >= 11 is 7.46. The number of halogens is 1. The van der Waals surface area contributed by atoms with Crippen molar-refractivity contribution < 1.29 is 23.8 Å². The normalized spacial score (nSPS) is 16.6. The van der Waals surface area contributed by atoms with E-state index in [1.54, 1.807) is 31.2 Å². The van der Waals surface area contributed by atoms with Crippen molar-refractivity contribution in [1.29, 1.82) is 0 Å². The molecular formula is C23H25ClN2O5S. The molecule has 1 unspecified atom stereocenters. The first-order valence-corrected chi connectivity index (χ1v) is 11.4. The van der Waals surface area contributed by atoms with Crippen molar-refractivity contribution in [1.82, 2.24) is 5.32 Å². The molecule has 2 aromatic rings. The number of benzene rings is 2. The van der Waals surface area contributed by atoms with Crippen LogP contribution in [0.2, 0.25) is 5.02 Å². The van der Waals surface area contributed by atoms with Crippen LogP contribution in [0.25, 0.3) is 6.08 Å². The highest BCUT2D eigenvalue weighted by molar-refractivity contribution is 8.05. The molecule has 1 aliphatic rings. The summed E-state index contributed by atoms with van der Waals surface area (Å²) in [6.45, 7) is 6.07. The number of hydrogen-bond acceptors (Lipinski definition) is 7. The molecule has 0 bridgehead atoms. The van der Waals surface area contributed by atoms with Crippen LogP contribution >= 0.6 is 23.4 Å². The predicted molar refractivity (Wildman–Crippen MR) is 127 cm³/mol. The van der Waals surface area contributed by atoms with Gasteiger partial charge in [-0.2, -0.15) is 0 Å². The molecule has 2 N–H and O–H groups in total. The number of ether oxygens (including phenoxy) is 3. The predicted octanol–water partition coefficient (Wildman–Crippen LogP) is 4.59. The van der Waals surface area contributed by atoms with E-state index in [2.05, 4.69) is 10.6 Å². The largest absolute Gasteiger partial charge is 0.490 e. The van der Waals surface area contributed by atoms with Crippen molar-refractivity contribution in [2.75, 3.05) is 25.1 Å².